The third-order valence-electron chi connectivity index (χ3n) is 6.17. The molecule has 15 heteroatoms. The molecule has 13 nitrogen and oxygen atoms in total. The number of sulfonamides is 1. The van der Waals surface area contributed by atoms with Gasteiger partial charge < -0.3 is 26.1 Å². The summed E-state index contributed by atoms with van der Waals surface area (Å²) in [4.78, 5) is 24.4. The number of amides is 2. The second kappa shape index (κ2) is 15.6. The maximum absolute atomic E-state index is 13.6. The summed E-state index contributed by atoms with van der Waals surface area (Å²) in [5.41, 5.74) is 1.18. The van der Waals surface area contributed by atoms with Crippen LogP contribution in [0.15, 0.2) is 64.6 Å². The van der Waals surface area contributed by atoms with E-state index in [2.05, 4.69) is 10.5 Å². The minimum Gasteiger partial charge on any atom is -0.465 e. The van der Waals surface area contributed by atoms with Crippen molar-refractivity contribution in [2.24, 2.45) is 11.1 Å². The van der Waals surface area contributed by atoms with Crippen LogP contribution in [0.4, 0.5) is 4.79 Å². The fraction of sp³-hybridized carbons (Fsp3) is 0.444. The van der Waals surface area contributed by atoms with Gasteiger partial charge in [-0.25, -0.2) is 21.6 Å². The largest absolute Gasteiger partial charge is 0.465 e. The van der Waals surface area contributed by atoms with Gasteiger partial charge in [-0.15, -0.1) is 0 Å². The molecule has 2 amide bonds. The highest BCUT2D eigenvalue weighted by atomic mass is 32.2. The Balaban J connectivity index is 2.39. The van der Waals surface area contributed by atoms with Crippen molar-refractivity contribution in [3.8, 4) is 0 Å². The average Bonchev–Trinajstić information content (AvgIpc) is 2.90. The third-order valence-corrected chi connectivity index (χ3v) is 8.99. The van der Waals surface area contributed by atoms with Crippen LogP contribution in [0.3, 0.4) is 0 Å². The standard InChI is InChI=1S/C27H38N4O9S2/c1-19(2)17-31(42(39,40)22-11-9-21(10-12-22)16-28-36)18-25(32)24(15-20-7-5-4-6-8-20)29-26(33)23(30-27(34)35)13-14-41(3,37)38/h4-12,16,19,23-25,30,32,36H,13-15,17-18H2,1-3H3,(H,29,33)(H,34,35)/t23-,24-,25-/m0/s1. The summed E-state index contributed by atoms with van der Waals surface area (Å²) in [7, 11) is -7.63. The van der Waals surface area contributed by atoms with Gasteiger partial charge in [-0.3, -0.25) is 4.79 Å². The molecule has 0 aliphatic heterocycles. The van der Waals surface area contributed by atoms with Crippen LogP contribution >= 0.6 is 0 Å². The van der Waals surface area contributed by atoms with E-state index in [0.717, 1.165) is 16.8 Å². The van der Waals surface area contributed by atoms with Crippen molar-refractivity contribution in [2.75, 3.05) is 25.1 Å². The van der Waals surface area contributed by atoms with Crippen molar-refractivity contribution >= 4 is 38.1 Å². The van der Waals surface area contributed by atoms with Crippen LogP contribution in [0, 0.1) is 5.92 Å². The van der Waals surface area contributed by atoms with Crippen LogP contribution in [-0.4, -0.2) is 98.1 Å². The number of aliphatic hydroxyl groups excluding tert-OH is 1. The summed E-state index contributed by atoms with van der Waals surface area (Å²) in [6.45, 7) is 3.26. The van der Waals surface area contributed by atoms with Gasteiger partial charge in [0.2, 0.25) is 15.9 Å². The Morgan fingerprint density at radius 1 is 0.976 bits per heavy atom. The number of carbonyl (C=O) groups is 2. The highest BCUT2D eigenvalue weighted by Gasteiger charge is 2.33. The number of carbonyl (C=O) groups excluding carboxylic acids is 1. The lowest BCUT2D eigenvalue weighted by Crippen LogP contribution is -2.55. The molecule has 232 valence electrons. The molecule has 0 fully saturated rings. The molecule has 3 atom stereocenters. The van der Waals surface area contributed by atoms with E-state index in [0.29, 0.717) is 11.1 Å². The van der Waals surface area contributed by atoms with E-state index in [4.69, 9.17) is 5.21 Å². The maximum Gasteiger partial charge on any atom is 0.405 e. The molecule has 2 aromatic carbocycles. The summed E-state index contributed by atoms with van der Waals surface area (Å²) < 4.78 is 51.6. The lowest BCUT2D eigenvalue weighted by Gasteiger charge is -2.31. The van der Waals surface area contributed by atoms with Crippen molar-refractivity contribution in [2.45, 2.75) is 49.8 Å². The molecular formula is C27H38N4O9S2. The van der Waals surface area contributed by atoms with Gasteiger partial charge >= 0.3 is 6.09 Å². The molecular weight excluding hydrogens is 588 g/mol. The van der Waals surface area contributed by atoms with Gasteiger partial charge in [0, 0.05) is 19.3 Å². The predicted molar refractivity (Wildman–Crippen MR) is 157 cm³/mol. The number of nitrogens with zero attached hydrogens (tertiary/aromatic N) is 2. The number of benzene rings is 2. The Hall–Kier alpha value is -3.53. The van der Waals surface area contributed by atoms with Crippen LogP contribution < -0.4 is 10.6 Å². The SMILES string of the molecule is CC(C)CN(C[C@H](O)[C@H](Cc1ccccc1)NC(=O)[C@H](CCS(C)(=O)=O)NC(=O)O)S(=O)(=O)c1ccc(C=NO)cc1. The Labute approximate surface area is 246 Å². The lowest BCUT2D eigenvalue weighted by molar-refractivity contribution is -0.124. The lowest BCUT2D eigenvalue weighted by atomic mass is 10.00. The quantitative estimate of drug-likeness (QED) is 0.103. The van der Waals surface area contributed by atoms with E-state index in [-0.39, 0.29) is 30.2 Å². The Kier molecular flexibility index (Phi) is 12.9. The van der Waals surface area contributed by atoms with E-state index < -0.39 is 62.3 Å². The summed E-state index contributed by atoms with van der Waals surface area (Å²) in [5, 5.41) is 36.8. The second-order valence-electron chi connectivity index (χ2n) is 10.3. The Morgan fingerprint density at radius 3 is 2.12 bits per heavy atom. The smallest absolute Gasteiger partial charge is 0.405 e. The zero-order chi connectivity index (χ0) is 31.5. The van der Waals surface area contributed by atoms with Crippen molar-refractivity contribution < 1.29 is 41.8 Å². The summed E-state index contributed by atoms with van der Waals surface area (Å²) in [5.74, 6) is -1.45. The van der Waals surface area contributed by atoms with E-state index in [9.17, 15) is 36.6 Å². The van der Waals surface area contributed by atoms with Crippen LogP contribution in [0.25, 0.3) is 0 Å². The van der Waals surface area contributed by atoms with Crippen molar-refractivity contribution in [1.29, 1.82) is 0 Å². The molecule has 5 N–H and O–H groups in total. The van der Waals surface area contributed by atoms with Gasteiger partial charge in [0.05, 0.1) is 29.0 Å². The van der Waals surface area contributed by atoms with Gasteiger partial charge in [0.15, 0.2) is 0 Å². The van der Waals surface area contributed by atoms with E-state index in [1.165, 1.54) is 24.3 Å². The first kappa shape index (κ1) is 34.7. The average molecular weight is 627 g/mol. The van der Waals surface area contributed by atoms with Gasteiger partial charge in [-0.1, -0.05) is 61.5 Å². The first-order valence-electron chi connectivity index (χ1n) is 13.1. The zero-order valence-electron chi connectivity index (χ0n) is 23.6. The van der Waals surface area contributed by atoms with E-state index in [1.54, 1.807) is 30.3 Å². The molecule has 0 aliphatic rings. The molecule has 0 aromatic heterocycles. The van der Waals surface area contributed by atoms with Gasteiger partial charge in [-0.05, 0) is 42.0 Å². The maximum atomic E-state index is 13.6. The summed E-state index contributed by atoms with van der Waals surface area (Å²) >= 11 is 0. The first-order valence-corrected chi connectivity index (χ1v) is 16.6. The third kappa shape index (κ3) is 11.4. The predicted octanol–water partition coefficient (Wildman–Crippen LogP) is 1.30. The van der Waals surface area contributed by atoms with Gasteiger partial charge in [0.25, 0.3) is 0 Å². The number of sulfone groups is 1. The molecule has 0 radical (unpaired) electrons. The molecule has 0 spiro atoms. The normalized spacial score (nSPS) is 14.5. The number of rotatable bonds is 16. The van der Waals surface area contributed by atoms with E-state index >= 15 is 0 Å². The summed E-state index contributed by atoms with van der Waals surface area (Å²) in [6, 6.07) is 11.9. The Morgan fingerprint density at radius 2 is 1.60 bits per heavy atom. The van der Waals surface area contributed by atoms with Crippen LogP contribution in [0.2, 0.25) is 0 Å². The summed E-state index contributed by atoms with van der Waals surface area (Å²) in [6.07, 6.45) is -1.13. The molecule has 0 bridgehead atoms. The number of oxime groups is 1. The monoisotopic (exact) mass is 626 g/mol. The molecule has 42 heavy (non-hydrogen) atoms. The Bertz CT molecular complexity index is 1420. The van der Waals surface area contributed by atoms with Crippen LogP contribution in [0.5, 0.6) is 0 Å². The molecule has 0 unspecified atom stereocenters. The van der Waals surface area contributed by atoms with Gasteiger partial charge in [-0.2, -0.15) is 4.31 Å². The number of hydrogen-bond acceptors (Lipinski definition) is 9. The highest BCUT2D eigenvalue weighted by Crippen LogP contribution is 2.20. The molecule has 2 rings (SSSR count). The molecule has 0 saturated carbocycles. The number of hydrogen-bond donors (Lipinski definition) is 5. The number of carboxylic acid groups (broad SMARTS) is 1. The van der Waals surface area contributed by atoms with Crippen LogP contribution in [-0.2, 0) is 31.1 Å². The minimum absolute atomic E-state index is 0.0444. The van der Waals surface area contributed by atoms with Crippen molar-refractivity contribution in [1.82, 2.24) is 14.9 Å². The zero-order valence-corrected chi connectivity index (χ0v) is 25.3. The van der Waals surface area contributed by atoms with Gasteiger partial charge in [0.1, 0.15) is 15.9 Å². The number of nitrogens with one attached hydrogen (secondary N) is 2. The highest BCUT2D eigenvalue weighted by molar-refractivity contribution is 7.90. The van der Waals surface area contributed by atoms with Crippen molar-refractivity contribution in [3.05, 3.63) is 65.7 Å². The fourth-order valence-electron chi connectivity index (χ4n) is 4.14. The molecule has 0 aliphatic carbocycles. The first-order chi connectivity index (χ1) is 19.6. The van der Waals surface area contributed by atoms with Crippen LogP contribution in [0.1, 0.15) is 31.4 Å². The molecule has 2 aromatic rings. The topological polar surface area (TPSA) is 203 Å². The fourth-order valence-corrected chi connectivity index (χ4v) is 6.43. The molecule has 0 saturated heterocycles. The minimum atomic E-state index is -4.12. The number of aliphatic hydroxyl groups is 1. The van der Waals surface area contributed by atoms with Crippen molar-refractivity contribution in [3.63, 3.8) is 0 Å². The van der Waals surface area contributed by atoms with E-state index in [1.807, 2.05) is 19.2 Å². The molecule has 0 heterocycles. The second-order valence-corrected chi connectivity index (χ2v) is 14.5.